The predicted octanol–water partition coefficient (Wildman–Crippen LogP) is -0.0223. The summed E-state index contributed by atoms with van der Waals surface area (Å²) in [6, 6.07) is 5.48. The minimum atomic E-state index is -0.387. The lowest BCUT2D eigenvalue weighted by molar-refractivity contribution is -0.114. The first-order valence-electron chi connectivity index (χ1n) is 3.86. The minimum Gasteiger partial charge on any atom is -0.332 e. The zero-order chi connectivity index (χ0) is 9.10. The maximum atomic E-state index is 10.7. The molecule has 13 heavy (non-hydrogen) atoms. The van der Waals surface area contributed by atoms with Crippen molar-refractivity contribution < 1.29 is 4.79 Å². The molecule has 0 radical (unpaired) electrons. The molecule has 0 aliphatic carbocycles. The average Bonchev–Trinajstić information content (AvgIpc) is 2.53. The van der Waals surface area contributed by atoms with Crippen molar-refractivity contribution >= 4 is 17.9 Å². The Labute approximate surface area is 74.9 Å². The molecule has 66 valence electrons. The molecule has 1 aliphatic heterocycles. The number of pyridine rings is 1. The number of aliphatic imine (C=N–C) groups is 1. The predicted molar refractivity (Wildman–Crippen MR) is 48.3 cm³/mol. The molecule has 1 aromatic rings. The van der Waals surface area contributed by atoms with Crippen LogP contribution in [0.3, 0.4) is 0 Å². The Kier molecular flexibility index (Phi) is 1.91. The van der Waals surface area contributed by atoms with E-state index >= 15 is 0 Å². The summed E-state index contributed by atoms with van der Waals surface area (Å²) in [5.41, 5.74) is 0. The van der Waals surface area contributed by atoms with Crippen LogP contribution in [-0.2, 0) is 4.79 Å². The highest BCUT2D eigenvalue weighted by Gasteiger charge is 2.14. The number of hydrogen-bond donors (Lipinski definition) is 2. The van der Waals surface area contributed by atoms with Gasteiger partial charge in [-0.05, 0) is 12.1 Å². The van der Waals surface area contributed by atoms with Crippen LogP contribution in [0.2, 0.25) is 0 Å². The van der Waals surface area contributed by atoms with Crippen LogP contribution in [0.4, 0.5) is 5.82 Å². The van der Waals surface area contributed by atoms with Crippen LogP contribution >= 0.6 is 0 Å². The van der Waals surface area contributed by atoms with Gasteiger partial charge in [0, 0.05) is 6.20 Å². The van der Waals surface area contributed by atoms with Crippen LogP contribution in [0.25, 0.3) is 0 Å². The molecule has 2 rings (SSSR count). The Bertz CT molecular complexity index is 335. The van der Waals surface area contributed by atoms with Crippen LogP contribution in [-0.4, -0.2) is 23.4 Å². The highest BCUT2D eigenvalue weighted by Crippen LogP contribution is 2.03. The van der Waals surface area contributed by atoms with Crippen molar-refractivity contribution in [2.24, 2.45) is 4.99 Å². The molecule has 0 bridgehead atoms. The molecule has 0 aromatic carbocycles. The van der Waals surface area contributed by atoms with E-state index in [0.717, 1.165) is 0 Å². The van der Waals surface area contributed by atoms with Gasteiger partial charge in [-0.15, -0.1) is 0 Å². The van der Waals surface area contributed by atoms with Gasteiger partial charge in [0.1, 0.15) is 5.82 Å². The van der Waals surface area contributed by atoms with E-state index in [1.54, 1.807) is 12.3 Å². The van der Waals surface area contributed by atoms with Crippen molar-refractivity contribution in [1.82, 2.24) is 10.3 Å². The van der Waals surface area contributed by atoms with Gasteiger partial charge >= 0.3 is 0 Å². The van der Waals surface area contributed by atoms with E-state index in [4.69, 9.17) is 0 Å². The zero-order valence-corrected chi connectivity index (χ0v) is 6.77. The first kappa shape index (κ1) is 7.72. The average molecular weight is 176 g/mol. The van der Waals surface area contributed by atoms with Crippen molar-refractivity contribution in [2.45, 2.75) is 6.29 Å². The molecule has 5 nitrogen and oxygen atoms in total. The van der Waals surface area contributed by atoms with Crippen molar-refractivity contribution in [3.63, 3.8) is 0 Å². The first-order chi connectivity index (χ1) is 6.34. The second-order valence-electron chi connectivity index (χ2n) is 2.55. The molecule has 2 N–H and O–H groups in total. The van der Waals surface area contributed by atoms with Crippen LogP contribution in [0.1, 0.15) is 0 Å². The number of carbonyl (C=O) groups excluding carboxylic acids is 1. The zero-order valence-electron chi connectivity index (χ0n) is 6.77. The summed E-state index contributed by atoms with van der Waals surface area (Å²) in [6.07, 6.45) is 2.53. The van der Waals surface area contributed by atoms with E-state index in [-0.39, 0.29) is 12.2 Å². The normalized spacial score (nSPS) is 20.0. The van der Waals surface area contributed by atoms with Crippen LogP contribution in [0.5, 0.6) is 0 Å². The molecule has 1 unspecified atom stereocenters. The number of amides is 1. The molecule has 1 atom stereocenters. The number of aromatic nitrogens is 1. The lowest BCUT2D eigenvalue weighted by atomic mass is 10.5. The van der Waals surface area contributed by atoms with Gasteiger partial charge < -0.3 is 10.6 Å². The lowest BCUT2D eigenvalue weighted by Crippen LogP contribution is -2.33. The second-order valence-corrected chi connectivity index (χ2v) is 2.55. The minimum absolute atomic E-state index is 0.187. The molecular formula is C8H8N4O. The van der Waals surface area contributed by atoms with E-state index in [9.17, 15) is 4.79 Å². The summed E-state index contributed by atoms with van der Waals surface area (Å²) in [5, 5.41) is 5.52. The number of nitrogens with one attached hydrogen (secondary N) is 2. The van der Waals surface area contributed by atoms with Gasteiger partial charge in [0.05, 0.1) is 6.21 Å². The number of nitrogens with zero attached hydrogens (tertiary/aromatic N) is 2. The molecule has 0 saturated heterocycles. The van der Waals surface area contributed by atoms with E-state index < -0.39 is 0 Å². The fourth-order valence-corrected chi connectivity index (χ4v) is 1.01. The highest BCUT2D eigenvalue weighted by atomic mass is 16.2. The Morgan fingerprint density at radius 1 is 1.46 bits per heavy atom. The Balaban J connectivity index is 2.00. The smallest absolute Gasteiger partial charge is 0.265 e. The van der Waals surface area contributed by atoms with Crippen molar-refractivity contribution in [3.05, 3.63) is 24.4 Å². The van der Waals surface area contributed by atoms with Crippen LogP contribution in [0, 0.1) is 0 Å². The third-order valence-corrected chi connectivity index (χ3v) is 1.57. The quantitative estimate of drug-likeness (QED) is 0.665. The van der Waals surface area contributed by atoms with Gasteiger partial charge in [-0.2, -0.15) is 0 Å². The summed E-state index contributed by atoms with van der Waals surface area (Å²) in [7, 11) is 0. The largest absolute Gasteiger partial charge is 0.332 e. The van der Waals surface area contributed by atoms with Crippen molar-refractivity contribution in [3.8, 4) is 0 Å². The highest BCUT2D eigenvalue weighted by molar-refractivity contribution is 6.27. The third kappa shape index (κ3) is 1.81. The molecule has 0 fully saturated rings. The Morgan fingerprint density at radius 2 is 2.38 bits per heavy atom. The summed E-state index contributed by atoms with van der Waals surface area (Å²) in [5.74, 6) is 0.500. The number of hydrogen-bond acceptors (Lipinski definition) is 4. The number of rotatable bonds is 2. The lowest BCUT2D eigenvalue weighted by Gasteiger charge is -2.09. The van der Waals surface area contributed by atoms with E-state index in [0.29, 0.717) is 5.82 Å². The van der Waals surface area contributed by atoms with Gasteiger partial charge in [0.15, 0.2) is 6.29 Å². The van der Waals surface area contributed by atoms with Crippen LogP contribution in [0.15, 0.2) is 29.4 Å². The molecule has 5 heteroatoms. The number of anilines is 1. The van der Waals surface area contributed by atoms with Gasteiger partial charge in [-0.1, -0.05) is 6.07 Å². The maximum Gasteiger partial charge on any atom is 0.265 e. The van der Waals surface area contributed by atoms with Gasteiger partial charge in [-0.3, -0.25) is 4.79 Å². The van der Waals surface area contributed by atoms with E-state index in [1.165, 1.54) is 6.21 Å². The molecular weight excluding hydrogens is 168 g/mol. The van der Waals surface area contributed by atoms with E-state index in [2.05, 4.69) is 20.6 Å². The summed E-state index contributed by atoms with van der Waals surface area (Å²) in [4.78, 5) is 18.6. The van der Waals surface area contributed by atoms with Crippen LogP contribution < -0.4 is 10.6 Å². The topological polar surface area (TPSA) is 66.4 Å². The monoisotopic (exact) mass is 176 g/mol. The third-order valence-electron chi connectivity index (χ3n) is 1.57. The molecule has 2 heterocycles. The maximum absolute atomic E-state index is 10.7. The number of carbonyl (C=O) groups is 1. The second kappa shape index (κ2) is 3.22. The fraction of sp³-hybridized carbons (Fsp3) is 0.125. The molecule has 1 amide bonds. The molecule has 1 aliphatic rings. The Hall–Kier alpha value is -1.91. The SMILES string of the molecule is O=C1C=NC(Nc2ccccn2)N1. The Morgan fingerprint density at radius 3 is 3.00 bits per heavy atom. The standard InChI is InChI=1S/C8H8N4O/c13-7-5-10-8(12-7)11-6-3-1-2-4-9-6/h1-5,8H,(H,9,11)(H,12,13). The summed E-state index contributed by atoms with van der Waals surface area (Å²) < 4.78 is 0. The molecule has 1 aromatic heterocycles. The summed E-state index contributed by atoms with van der Waals surface area (Å²) >= 11 is 0. The van der Waals surface area contributed by atoms with E-state index in [1.807, 2.05) is 12.1 Å². The first-order valence-corrected chi connectivity index (χ1v) is 3.86. The molecule has 0 saturated carbocycles. The van der Waals surface area contributed by atoms with Gasteiger partial charge in [0.2, 0.25) is 0 Å². The summed E-state index contributed by atoms with van der Waals surface area (Å²) in [6.45, 7) is 0. The fourth-order valence-electron chi connectivity index (χ4n) is 1.01. The van der Waals surface area contributed by atoms with Crippen molar-refractivity contribution in [2.75, 3.05) is 5.32 Å². The van der Waals surface area contributed by atoms with Crippen molar-refractivity contribution in [1.29, 1.82) is 0 Å². The van der Waals surface area contributed by atoms with Gasteiger partial charge in [0.25, 0.3) is 5.91 Å². The molecule has 0 spiro atoms. The van der Waals surface area contributed by atoms with Gasteiger partial charge in [-0.25, -0.2) is 9.98 Å².